The van der Waals surface area contributed by atoms with Gasteiger partial charge in [0.15, 0.2) is 0 Å². The minimum Gasteiger partial charge on any atom is -0.672 e. The monoisotopic (exact) mass is 193 g/mol. The van der Waals surface area contributed by atoms with Crippen LogP contribution in [0.15, 0.2) is 0 Å². The molecule has 0 aromatic rings. The molecule has 0 heterocycles. The molecule has 0 N–H and O–H groups in total. The molecule has 41 valence electrons. The van der Waals surface area contributed by atoms with Crippen LogP contribution in [0.5, 0.6) is 0 Å². The first kappa shape index (κ1) is 16.0. The van der Waals surface area contributed by atoms with E-state index in [-0.39, 0.29) is 33.3 Å². The van der Waals surface area contributed by atoms with Crippen LogP contribution >= 0.6 is 0 Å². The summed E-state index contributed by atoms with van der Waals surface area (Å²) in [5, 5.41) is 0. The van der Waals surface area contributed by atoms with Crippen LogP contribution in [0, 0.1) is 0 Å². The van der Waals surface area contributed by atoms with Gasteiger partial charge in [0.2, 0.25) is 0 Å². The van der Waals surface area contributed by atoms with Crippen molar-refractivity contribution < 1.29 is 47.3 Å². The minimum atomic E-state index is -3.63. The standard InChI is InChI=1S/Co.Ni.O3Si/c;;1-4(2)3/q;+2;-2. The number of hydrogen-bond donors (Lipinski definition) is 0. The first-order chi connectivity index (χ1) is 1.73. The maximum atomic E-state index is 8.52. The third-order valence-electron chi connectivity index (χ3n) is 0. The Morgan fingerprint density at radius 3 is 1.33 bits per heavy atom. The Balaban J connectivity index is -0.0000000450. The van der Waals surface area contributed by atoms with E-state index in [1.54, 1.807) is 0 Å². The minimum absolute atomic E-state index is 0. The second kappa shape index (κ2) is 9.15. The van der Waals surface area contributed by atoms with Gasteiger partial charge in [0.1, 0.15) is 0 Å². The Kier molecular flexibility index (Phi) is 24.3. The van der Waals surface area contributed by atoms with Crippen molar-refractivity contribution in [3.05, 3.63) is 0 Å². The molecule has 0 aliphatic rings. The van der Waals surface area contributed by atoms with E-state index in [0.29, 0.717) is 0 Å². The van der Waals surface area contributed by atoms with Gasteiger partial charge in [0.05, 0.1) is 0 Å². The Morgan fingerprint density at radius 2 is 1.33 bits per heavy atom. The molecular formula is CoNiO3Si. The van der Waals surface area contributed by atoms with E-state index in [2.05, 4.69) is 0 Å². The van der Waals surface area contributed by atoms with Gasteiger partial charge in [-0.05, 0) is 0 Å². The third kappa shape index (κ3) is 159. The first-order valence-electron chi connectivity index (χ1n) is 0.612. The molecule has 0 unspecified atom stereocenters. The zero-order valence-corrected chi connectivity index (χ0v) is 5.40. The fraction of sp³-hybridized carbons (Fsp3) is 0. The van der Waals surface area contributed by atoms with Gasteiger partial charge in [-0.1, -0.05) is 0 Å². The summed E-state index contributed by atoms with van der Waals surface area (Å²) in [5.74, 6) is 0. The van der Waals surface area contributed by atoms with E-state index in [1.165, 1.54) is 0 Å². The average Bonchev–Trinajstić information content (AvgIpc) is 0.811. The summed E-state index contributed by atoms with van der Waals surface area (Å²) < 4.78 is 8.52. The van der Waals surface area contributed by atoms with E-state index >= 15 is 0 Å². The zero-order chi connectivity index (χ0) is 3.58. The van der Waals surface area contributed by atoms with Crippen LogP contribution in [0.4, 0.5) is 0 Å². The quantitative estimate of drug-likeness (QED) is 0.389. The van der Waals surface area contributed by atoms with E-state index in [1.807, 2.05) is 0 Å². The molecule has 0 aliphatic carbocycles. The fourth-order valence-electron chi connectivity index (χ4n) is 0. The summed E-state index contributed by atoms with van der Waals surface area (Å²) in [6.07, 6.45) is 0. The molecule has 0 bridgehead atoms. The molecule has 0 aromatic heterocycles. The molecule has 1 radical (unpaired) electrons. The van der Waals surface area contributed by atoms with Gasteiger partial charge in [-0.3, -0.25) is 0 Å². The normalized spacial score (nSPS) is 4.00. The summed E-state index contributed by atoms with van der Waals surface area (Å²) in [7, 11) is -3.63. The molecule has 0 aliphatic heterocycles. The Bertz CT molecular complexity index is 33.8. The summed E-state index contributed by atoms with van der Waals surface area (Å²) >= 11 is 0. The average molecular weight is 194 g/mol. The van der Waals surface area contributed by atoms with Crippen LogP contribution in [-0.4, -0.2) is 9.17 Å². The van der Waals surface area contributed by atoms with Crippen molar-refractivity contribution in [2.45, 2.75) is 0 Å². The first-order valence-corrected chi connectivity index (χ1v) is 1.84. The molecule has 0 fully saturated rings. The zero-order valence-electron chi connectivity index (χ0n) is 2.37. The molecule has 6 heteroatoms. The number of rotatable bonds is 0. The predicted octanol–water partition coefficient (Wildman–Crippen LogP) is -2.88. The van der Waals surface area contributed by atoms with Gasteiger partial charge >= 0.3 is 16.5 Å². The largest absolute Gasteiger partial charge is 2.00 e. The third-order valence-corrected chi connectivity index (χ3v) is 0. The van der Waals surface area contributed by atoms with Gasteiger partial charge in [0.25, 0.3) is 0 Å². The molecule has 3 nitrogen and oxygen atoms in total. The van der Waals surface area contributed by atoms with E-state index in [0.717, 1.165) is 0 Å². The topological polar surface area (TPSA) is 63.2 Å². The van der Waals surface area contributed by atoms with Crippen LogP contribution in [0.3, 0.4) is 0 Å². The van der Waals surface area contributed by atoms with E-state index < -0.39 is 9.17 Å². The maximum Gasteiger partial charge on any atom is 2.00 e. The van der Waals surface area contributed by atoms with Gasteiger partial charge in [-0.2, -0.15) is 0 Å². The molecule has 0 aromatic carbocycles. The molecule has 0 spiro atoms. The molecular weight excluding hydrogens is 194 g/mol. The van der Waals surface area contributed by atoms with Gasteiger partial charge in [-0.15, -0.1) is 0 Å². The second-order valence-corrected chi connectivity index (χ2v) is 0.750. The molecule has 6 heavy (non-hydrogen) atoms. The van der Waals surface area contributed by atoms with Crippen molar-refractivity contribution in [1.82, 2.24) is 0 Å². The van der Waals surface area contributed by atoms with Crippen molar-refractivity contribution >= 4 is 9.17 Å². The van der Waals surface area contributed by atoms with Gasteiger partial charge < -0.3 is 14.1 Å². The van der Waals surface area contributed by atoms with E-state index in [4.69, 9.17) is 14.1 Å². The van der Waals surface area contributed by atoms with Crippen molar-refractivity contribution in [1.29, 1.82) is 0 Å². The molecule has 0 amide bonds. The van der Waals surface area contributed by atoms with Crippen LogP contribution in [0.1, 0.15) is 0 Å². The van der Waals surface area contributed by atoms with Crippen LogP contribution in [-0.2, 0) is 37.7 Å². The second-order valence-electron chi connectivity index (χ2n) is 0.250. The summed E-state index contributed by atoms with van der Waals surface area (Å²) in [6, 6.07) is 0. The smallest absolute Gasteiger partial charge is 0.672 e. The SMILES string of the molecule is O=[Si]([O-])[O-].[Co].[Ni+2]. The van der Waals surface area contributed by atoms with Crippen molar-refractivity contribution in [3.63, 3.8) is 0 Å². The summed E-state index contributed by atoms with van der Waals surface area (Å²) in [4.78, 5) is 17.0. The maximum absolute atomic E-state index is 8.52. The molecule has 0 atom stereocenters. The Labute approximate surface area is 56.8 Å². The van der Waals surface area contributed by atoms with Crippen molar-refractivity contribution in [3.8, 4) is 0 Å². The van der Waals surface area contributed by atoms with Gasteiger partial charge in [-0.25, -0.2) is 0 Å². The summed E-state index contributed by atoms with van der Waals surface area (Å²) in [5.41, 5.74) is 0. The van der Waals surface area contributed by atoms with Gasteiger partial charge in [0, 0.05) is 25.9 Å². The van der Waals surface area contributed by atoms with Crippen LogP contribution in [0.2, 0.25) is 0 Å². The molecule has 0 saturated carbocycles. The fourth-order valence-corrected chi connectivity index (χ4v) is 0. The Hall–Kier alpha value is 0.617. The Morgan fingerprint density at radius 1 is 1.33 bits per heavy atom. The molecule has 0 rings (SSSR count). The number of hydrogen-bond acceptors (Lipinski definition) is 3. The molecule has 0 saturated heterocycles. The van der Waals surface area contributed by atoms with Crippen molar-refractivity contribution in [2.75, 3.05) is 0 Å². The predicted molar refractivity (Wildman–Crippen MR) is 6.44 cm³/mol. The van der Waals surface area contributed by atoms with E-state index in [9.17, 15) is 0 Å². The summed E-state index contributed by atoms with van der Waals surface area (Å²) in [6.45, 7) is 0. The van der Waals surface area contributed by atoms with Crippen LogP contribution in [0.25, 0.3) is 0 Å². The van der Waals surface area contributed by atoms with Crippen molar-refractivity contribution in [2.24, 2.45) is 0 Å². The van der Waals surface area contributed by atoms with Crippen LogP contribution < -0.4 is 9.59 Å².